The summed E-state index contributed by atoms with van der Waals surface area (Å²) in [6.45, 7) is -1.80. The molecule has 8 heteroatoms. The maximum Gasteiger partial charge on any atom is 0.456 e. The van der Waals surface area contributed by atoms with Crippen LogP contribution in [0.25, 0.3) is 0 Å². The zero-order chi connectivity index (χ0) is 9.78. The van der Waals surface area contributed by atoms with Crippen molar-refractivity contribution < 1.29 is 28.3 Å². The van der Waals surface area contributed by atoms with Crippen molar-refractivity contribution in [2.24, 2.45) is 0 Å². The van der Waals surface area contributed by atoms with Crippen molar-refractivity contribution in [3.8, 4) is 0 Å². The van der Waals surface area contributed by atoms with Crippen molar-refractivity contribution in [1.29, 1.82) is 0 Å². The third-order valence-corrected chi connectivity index (χ3v) is 0.806. The van der Waals surface area contributed by atoms with Gasteiger partial charge in [0.2, 0.25) is 6.54 Å². The molecule has 0 rings (SSSR count). The summed E-state index contributed by atoms with van der Waals surface area (Å²) in [7, 11) is 0. The van der Waals surface area contributed by atoms with E-state index in [9.17, 15) is 23.7 Å². The van der Waals surface area contributed by atoms with Crippen LogP contribution in [0.5, 0.6) is 0 Å². The monoisotopic (exact) mass is 185 g/mol. The van der Waals surface area contributed by atoms with E-state index in [1.165, 1.54) is 0 Å². The first-order valence-corrected chi connectivity index (χ1v) is 2.73. The van der Waals surface area contributed by atoms with Crippen LogP contribution in [0.15, 0.2) is 0 Å². The van der Waals surface area contributed by atoms with Crippen molar-refractivity contribution in [2.45, 2.75) is 6.11 Å². The average Bonchev–Trinajstić information content (AvgIpc) is 1.85. The van der Waals surface area contributed by atoms with Crippen molar-refractivity contribution in [2.75, 3.05) is 13.2 Å². The Morgan fingerprint density at radius 2 is 2.17 bits per heavy atom. The number of ether oxygens (including phenoxy) is 1. The molecule has 0 amide bonds. The lowest BCUT2D eigenvalue weighted by atomic mass is 10.6. The van der Waals surface area contributed by atoms with Gasteiger partial charge in [-0.1, -0.05) is 0 Å². The van der Waals surface area contributed by atoms with E-state index in [4.69, 9.17) is 5.11 Å². The SMILES string of the molecule is O=C(O)C(F)(F)OCC[N+](=O)[O-]. The van der Waals surface area contributed by atoms with Gasteiger partial charge in [-0.2, -0.15) is 8.78 Å². The second-order valence-corrected chi connectivity index (χ2v) is 1.73. The van der Waals surface area contributed by atoms with Crippen LogP contribution in [0.4, 0.5) is 8.78 Å². The van der Waals surface area contributed by atoms with Gasteiger partial charge in [0.25, 0.3) is 0 Å². The van der Waals surface area contributed by atoms with Gasteiger partial charge in [-0.3, -0.25) is 10.1 Å². The largest absolute Gasteiger partial charge is 0.475 e. The van der Waals surface area contributed by atoms with Gasteiger partial charge in [0.1, 0.15) is 6.61 Å². The fourth-order valence-electron chi connectivity index (χ4n) is 0.310. The third-order valence-electron chi connectivity index (χ3n) is 0.806. The molecule has 0 aliphatic rings. The molecule has 0 heterocycles. The van der Waals surface area contributed by atoms with Crippen LogP contribution < -0.4 is 0 Å². The molecule has 0 fully saturated rings. The van der Waals surface area contributed by atoms with Crippen molar-refractivity contribution in [3.05, 3.63) is 10.1 Å². The van der Waals surface area contributed by atoms with Crippen LogP contribution in [-0.4, -0.2) is 35.3 Å². The molecule has 0 saturated heterocycles. The second-order valence-electron chi connectivity index (χ2n) is 1.73. The van der Waals surface area contributed by atoms with Gasteiger partial charge in [0.15, 0.2) is 0 Å². The summed E-state index contributed by atoms with van der Waals surface area (Å²) < 4.78 is 27.3. The van der Waals surface area contributed by atoms with E-state index in [0.29, 0.717) is 0 Å². The van der Waals surface area contributed by atoms with Gasteiger partial charge >= 0.3 is 12.1 Å². The summed E-state index contributed by atoms with van der Waals surface area (Å²) in [5.41, 5.74) is 0. The quantitative estimate of drug-likeness (QED) is 0.479. The maximum absolute atomic E-state index is 12.0. The number of rotatable bonds is 5. The van der Waals surface area contributed by atoms with Crippen molar-refractivity contribution in [1.82, 2.24) is 0 Å². The summed E-state index contributed by atoms with van der Waals surface area (Å²) in [6, 6.07) is 0. The standard InChI is InChI=1S/C4H5F2NO5/c5-4(6,3(8)9)12-2-1-7(10)11/h1-2H2,(H,8,9). The number of nitrogens with zero attached hydrogens (tertiary/aromatic N) is 1. The Bertz CT molecular complexity index is 194. The van der Waals surface area contributed by atoms with Crippen LogP contribution >= 0.6 is 0 Å². The third kappa shape index (κ3) is 3.76. The number of carboxylic acids is 1. The Hall–Kier alpha value is -1.31. The number of alkyl halides is 2. The van der Waals surface area contributed by atoms with E-state index in [2.05, 4.69) is 4.74 Å². The fraction of sp³-hybridized carbons (Fsp3) is 0.750. The molecule has 0 atom stereocenters. The van der Waals surface area contributed by atoms with E-state index < -0.39 is 30.2 Å². The minimum atomic E-state index is -4.35. The predicted octanol–water partition coefficient (Wildman–Crippen LogP) is -0.0429. The molecule has 0 aliphatic heterocycles. The number of carbonyl (C=O) groups is 1. The Morgan fingerprint density at radius 3 is 2.50 bits per heavy atom. The van der Waals surface area contributed by atoms with E-state index in [1.807, 2.05) is 0 Å². The van der Waals surface area contributed by atoms with Crippen LogP contribution in [0.2, 0.25) is 0 Å². The van der Waals surface area contributed by atoms with Gasteiger partial charge in [0.05, 0.1) is 0 Å². The number of carboxylic acid groups (broad SMARTS) is 1. The van der Waals surface area contributed by atoms with Gasteiger partial charge in [0, 0.05) is 4.92 Å². The molecule has 12 heavy (non-hydrogen) atoms. The van der Waals surface area contributed by atoms with E-state index in [0.717, 1.165) is 0 Å². The molecule has 0 unspecified atom stereocenters. The lowest BCUT2D eigenvalue weighted by Crippen LogP contribution is -2.33. The smallest absolute Gasteiger partial charge is 0.456 e. The molecule has 0 saturated carbocycles. The molecule has 0 aromatic heterocycles. The zero-order valence-electron chi connectivity index (χ0n) is 5.70. The minimum Gasteiger partial charge on any atom is -0.475 e. The number of halogens is 2. The lowest BCUT2D eigenvalue weighted by Gasteiger charge is -2.09. The molecular weight excluding hydrogens is 180 g/mol. The highest BCUT2D eigenvalue weighted by Gasteiger charge is 2.40. The average molecular weight is 185 g/mol. The Kier molecular flexibility index (Phi) is 3.48. The molecule has 6 nitrogen and oxygen atoms in total. The fourth-order valence-corrected chi connectivity index (χ4v) is 0.310. The molecule has 0 bridgehead atoms. The van der Waals surface area contributed by atoms with Crippen molar-refractivity contribution in [3.63, 3.8) is 0 Å². The molecule has 0 aliphatic carbocycles. The van der Waals surface area contributed by atoms with Crippen molar-refractivity contribution >= 4 is 5.97 Å². The summed E-state index contributed by atoms with van der Waals surface area (Å²) >= 11 is 0. The topological polar surface area (TPSA) is 89.7 Å². The molecule has 1 N–H and O–H groups in total. The minimum absolute atomic E-state index is 0.858. The Morgan fingerprint density at radius 1 is 1.67 bits per heavy atom. The first kappa shape index (κ1) is 10.7. The first-order valence-electron chi connectivity index (χ1n) is 2.73. The van der Waals surface area contributed by atoms with Gasteiger partial charge in [-0.25, -0.2) is 4.79 Å². The van der Waals surface area contributed by atoms with Gasteiger partial charge in [-0.05, 0) is 0 Å². The molecule has 70 valence electrons. The number of hydrogen-bond donors (Lipinski definition) is 1. The number of aliphatic carboxylic acids is 1. The van der Waals surface area contributed by atoms with E-state index >= 15 is 0 Å². The Labute approximate surface area is 64.9 Å². The number of nitro groups is 1. The highest BCUT2D eigenvalue weighted by atomic mass is 19.3. The number of hydrogen-bond acceptors (Lipinski definition) is 4. The molecule has 0 aromatic carbocycles. The van der Waals surface area contributed by atoms with Crippen LogP contribution in [0.3, 0.4) is 0 Å². The predicted molar refractivity (Wildman–Crippen MR) is 30.4 cm³/mol. The Balaban J connectivity index is 3.76. The summed E-state index contributed by atoms with van der Waals surface area (Å²) in [5.74, 6) is -2.47. The normalized spacial score (nSPS) is 11.2. The molecule has 0 aromatic rings. The zero-order valence-corrected chi connectivity index (χ0v) is 5.70. The molecular formula is C4H5F2NO5. The van der Waals surface area contributed by atoms with Crippen LogP contribution in [0.1, 0.15) is 0 Å². The second kappa shape index (κ2) is 3.90. The highest BCUT2D eigenvalue weighted by molar-refractivity contribution is 5.73. The molecule has 0 radical (unpaired) electrons. The van der Waals surface area contributed by atoms with Crippen LogP contribution in [-0.2, 0) is 9.53 Å². The van der Waals surface area contributed by atoms with E-state index in [1.54, 1.807) is 0 Å². The summed E-state index contributed by atoms with van der Waals surface area (Å²) in [6.07, 6.45) is -4.35. The van der Waals surface area contributed by atoms with E-state index in [-0.39, 0.29) is 0 Å². The van der Waals surface area contributed by atoms with Gasteiger partial charge < -0.3 is 9.84 Å². The lowest BCUT2D eigenvalue weighted by molar-refractivity contribution is -0.487. The first-order chi connectivity index (χ1) is 5.36. The highest BCUT2D eigenvalue weighted by Crippen LogP contribution is 2.14. The van der Waals surface area contributed by atoms with Crippen LogP contribution in [0, 0.1) is 10.1 Å². The maximum atomic E-state index is 12.0. The van der Waals surface area contributed by atoms with Gasteiger partial charge in [-0.15, -0.1) is 0 Å². The summed E-state index contributed by atoms with van der Waals surface area (Å²) in [4.78, 5) is 18.3. The summed E-state index contributed by atoms with van der Waals surface area (Å²) in [5, 5.41) is 17.3. The molecule has 0 spiro atoms.